The average Bonchev–Trinajstić information content (AvgIpc) is 2.39. The second kappa shape index (κ2) is 9.34. The van der Waals surface area contributed by atoms with E-state index in [-0.39, 0.29) is 12.5 Å². The Morgan fingerprint density at radius 2 is 2.06 bits per heavy atom. The molecule has 0 aliphatic heterocycles. The molecule has 3 N–H and O–H groups in total. The highest BCUT2D eigenvalue weighted by atomic mass is 16.3. The summed E-state index contributed by atoms with van der Waals surface area (Å²) in [5.41, 5.74) is 0. The van der Waals surface area contributed by atoms with Gasteiger partial charge in [0.1, 0.15) is 0 Å². The first-order chi connectivity index (χ1) is 8.76. The highest BCUT2D eigenvalue weighted by molar-refractivity contribution is 5.78. The molecule has 0 bridgehead atoms. The van der Waals surface area contributed by atoms with E-state index in [2.05, 4.69) is 17.6 Å². The van der Waals surface area contributed by atoms with Crippen LogP contribution in [0.5, 0.6) is 0 Å². The fourth-order valence-electron chi connectivity index (χ4n) is 2.55. The van der Waals surface area contributed by atoms with Crippen LogP contribution in [-0.4, -0.2) is 36.8 Å². The quantitative estimate of drug-likeness (QED) is 0.616. The van der Waals surface area contributed by atoms with Crippen molar-refractivity contribution in [2.75, 3.05) is 19.7 Å². The molecule has 1 fully saturated rings. The van der Waals surface area contributed by atoms with Crippen molar-refractivity contribution in [3.63, 3.8) is 0 Å². The Bertz CT molecular complexity index is 228. The van der Waals surface area contributed by atoms with Gasteiger partial charge in [0, 0.05) is 12.6 Å². The first-order valence-corrected chi connectivity index (χ1v) is 7.37. The lowest BCUT2D eigenvalue weighted by Gasteiger charge is -2.23. The fraction of sp³-hybridized carbons (Fsp3) is 0.929. The van der Waals surface area contributed by atoms with Crippen LogP contribution in [0.1, 0.15) is 51.9 Å². The molecule has 1 aliphatic carbocycles. The molecule has 18 heavy (non-hydrogen) atoms. The third-order valence-corrected chi connectivity index (χ3v) is 3.80. The van der Waals surface area contributed by atoms with Crippen LogP contribution in [0.15, 0.2) is 0 Å². The average molecular weight is 256 g/mol. The van der Waals surface area contributed by atoms with Crippen molar-refractivity contribution in [2.24, 2.45) is 5.92 Å². The molecule has 1 atom stereocenters. The van der Waals surface area contributed by atoms with E-state index in [1.54, 1.807) is 0 Å². The van der Waals surface area contributed by atoms with Gasteiger partial charge in [-0.3, -0.25) is 4.79 Å². The van der Waals surface area contributed by atoms with Gasteiger partial charge >= 0.3 is 0 Å². The molecule has 0 aromatic rings. The molecular weight excluding hydrogens is 228 g/mol. The summed E-state index contributed by atoms with van der Waals surface area (Å²) in [5.74, 6) is 0.582. The summed E-state index contributed by atoms with van der Waals surface area (Å²) in [6, 6.07) is 0.396. The first-order valence-electron chi connectivity index (χ1n) is 7.37. The molecule has 0 saturated heterocycles. The van der Waals surface area contributed by atoms with E-state index in [4.69, 9.17) is 5.11 Å². The molecule has 106 valence electrons. The van der Waals surface area contributed by atoms with Crippen LogP contribution in [0.4, 0.5) is 0 Å². The normalized spacial score (nSPS) is 18.6. The van der Waals surface area contributed by atoms with Gasteiger partial charge in [0.15, 0.2) is 0 Å². The summed E-state index contributed by atoms with van der Waals surface area (Å²) in [6.07, 6.45) is 7.91. The summed E-state index contributed by atoms with van der Waals surface area (Å²) in [4.78, 5) is 11.7. The third-order valence-electron chi connectivity index (χ3n) is 3.80. The maximum atomic E-state index is 11.7. The summed E-state index contributed by atoms with van der Waals surface area (Å²) >= 11 is 0. The van der Waals surface area contributed by atoms with E-state index >= 15 is 0 Å². The monoisotopic (exact) mass is 256 g/mol. The van der Waals surface area contributed by atoms with Crippen molar-refractivity contribution in [1.29, 1.82) is 0 Å². The molecule has 4 heteroatoms. The smallest absolute Gasteiger partial charge is 0.234 e. The predicted octanol–water partition coefficient (Wildman–Crippen LogP) is 1.43. The topological polar surface area (TPSA) is 61.4 Å². The van der Waals surface area contributed by atoms with Crippen molar-refractivity contribution >= 4 is 5.91 Å². The van der Waals surface area contributed by atoms with Crippen LogP contribution in [0.3, 0.4) is 0 Å². The summed E-state index contributed by atoms with van der Waals surface area (Å²) in [5, 5.41) is 15.2. The van der Waals surface area contributed by atoms with E-state index in [0.717, 1.165) is 32.2 Å². The predicted molar refractivity (Wildman–Crippen MR) is 73.4 cm³/mol. The zero-order valence-electron chi connectivity index (χ0n) is 11.6. The van der Waals surface area contributed by atoms with E-state index in [1.807, 2.05) is 0 Å². The lowest BCUT2D eigenvalue weighted by molar-refractivity contribution is -0.121. The van der Waals surface area contributed by atoms with E-state index in [1.165, 1.54) is 19.3 Å². The second-order valence-corrected chi connectivity index (χ2v) is 5.32. The minimum Gasteiger partial charge on any atom is -0.396 e. The minimum absolute atomic E-state index is 0.112. The summed E-state index contributed by atoms with van der Waals surface area (Å²) in [7, 11) is 0. The van der Waals surface area contributed by atoms with Crippen molar-refractivity contribution in [3.05, 3.63) is 0 Å². The Morgan fingerprint density at radius 1 is 1.33 bits per heavy atom. The molecule has 0 aromatic heterocycles. The van der Waals surface area contributed by atoms with Crippen molar-refractivity contribution < 1.29 is 9.90 Å². The number of nitrogens with one attached hydrogen (secondary N) is 2. The highest BCUT2D eigenvalue weighted by Crippen LogP contribution is 2.17. The second-order valence-electron chi connectivity index (χ2n) is 5.32. The Labute approximate surface area is 111 Å². The van der Waals surface area contributed by atoms with E-state index in [9.17, 15) is 4.79 Å². The number of hydrogen-bond donors (Lipinski definition) is 3. The lowest BCUT2D eigenvalue weighted by Crippen LogP contribution is -2.42. The molecule has 1 rings (SSSR count). The van der Waals surface area contributed by atoms with Gasteiger partial charge in [-0.15, -0.1) is 0 Å². The van der Waals surface area contributed by atoms with Gasteiger partial charge in [0.2, 0.25) is 5.91 Å². The van der Waals surface area contributed by atoms with Gasteiger partial charge in [-0.05, 0) is 31.7 Å². The molecule has 1 aliphatic rings. The van der Waals surface area contributed by atoms with Crippen LogP contribution in [0, 0.1) is 5.92 Å². The molecule has 0 radical (unpaired) electrons. The Hall–Kier alpha value is -0.610. The maximum Gasteiger partial charge on any atom is 0.234 e. The highest BCUT2D eigenvalue weighted by Gasteiger charge is 2.15. The fourth-order valence-corrected chi connectivity index (χ4v) is 2.55. The molecule has 1 amide bonds. The van der Waals surface area contributed by atoms with Crippen LogP contribution in [0.25, 0.3) is 0 Å². The maximum absolute atomic E-state index is 11.7. The van der Waals surface area contributed by atoms with Crippen molar-refractivity contribution in [3.8, 4) is 0 Å². The molecule has 1 unspecified atom stereocenters. The minimum atomic E-state index is 0.112. The van der Waals surface area contributed by atoms with Crippen LogP contribution in [0.2, 0.25) is 0 Å². The summed E-state index contributed by atoms with van der Waals surface area (Å²) in [6.45, 7) is 3.56. The van der Waals surface area contributed by atoms with Gasteiger partial charge in [0.25, 0.3) is 0 Å². The molecular formula is C14H28N2O2. The van der Waals surface area contributed by atoms with Gasteiger partial charge in [0.05, 0.1) is 6.54 Å². The molecule has 0 heterocycles. The first kappa shape index (κ1) is 15.4. The SMILES string of the molecule is CCC(CCO)CNCC(=O)NC1CCCCC1. The largest absolute Gasteiger partial charge is 0.396 e. The summed E-state index contributed by atoms with van der Waals surface area (Å²) < 4.78 is 0. The van der Waals surface area contributed by atoms with Crippen LogP contribution >= 0.6 is 0 Å². The Balaban J connectivity index is 2.08. The molecule has 0 aromatic carbocycles. The number of amides is 1. The zero-order chi connectivity index (χ0) is 13.2. The van der Waals surface area contributed by atoms with E-state index in [0.29, 0.717) is 18.5 Å². The van der Waals surface area contributed by atoms with E-state index < -0.39 is 0 Å². The van der Waals surface area contributed by atoms with Gasteiger partial charge < -0.3 is 15.7 Å². The molecule has 0 spiro atoms. The zero-order valence-corrected chi connectivity index (χ0v) is 11.6. The van der Waals surface area contributed by atoms with Crippen LogP contribution in [-0.2, 0) is 4.79 Å². The number of hydrogen-bond acceptors (Lipinski definition) is 3. The van der Waals surface area contributed by atoms with Gasteiger partial charge in [-0.25, -0.2) is 0 Å². The molecule has 1 saturated carbocycles. The standard InChI is InChI=1S/C14H28N2O2/c1-2-12(8-9-17)10-15-11-14(18)16-13-6-4-3-5-7-13/h12-13,15,17H,2-11H2,1H3,(H,16,18). The lowest BCUT2D eigenvalue weighted by atomic mass is 9.95. The number of carbonyl (C=O) groups excluding carboxylic acids is 1. The van der Waals surface area contributed by atoms with Gasteiger partial charge in [-0.1, -0.05) is 32.6 Å². The third kappa shape index (κ3) is 6.36. The number of aliphatic hydroxyl groups excluding tert-OH is 1. The Kier molecular flexibility index (Phi) is 8.01. The number of aliphatic hydroxyl groups is 1. The van der Waals surface area contributed by atoms with Crippen molar-refractivity contribution in [1.82, 2.24) is 10.6 Å². The Morgan fingerprint density at radius 3 is 2.67 bits per heavy atom. The number of carbonyl (C=O) groups is 1. The van der Waals surface area contributed by atoms with Gasteiger partial charge in [-0.2, -0.15) is 0 Å². The van der Waals surface area contributed by atoms with Crippen molar-refractivity contribution in [2.45, 2.75) is 57.9 Å². The molecule has 4 nitrogen and oxygen atoms in total. The number of rotatable bonds is 8. The van der Waals surface area contributed by atoms with Crippen LogP contribution < -0.4 is 10.6 Å².